The molecule has 2 aliphatic heterocycles. The van der Waals surface area contributed by atoms with Crippen LogP contribution in [0.15, 0.2) is 70.6 Å². The van der Waals surface area contributed by atoms with Gasteiger partial charge >= 0.3 is 5.91 Å². The Morgan fingerprint density at radius 1 is 1.04 bits per heavy atom. The molecule has 0 unspecified atom stereocenters. The van der Waals surface area contributed by atoms with E-state index in [1.54, 1.807) is 30.3 Å². The number of amides is 1. The molecule has 0 spiro atoms. The predicted molar refractivity (Wildman–Crippen MR) is 179 cm³/mol. The van der Waals surface area contributed by atoms with Crippen molar-refractivity contribution in [2.45, 2.75) is 62.8 Å². The molecule has 238 valence electrons. The van der Waals surface area contributed by atoms with Crippen molar-refractivity contribution in [3.05, 3.63) is 94.1 Å². The van der Waals surface area contributed by atoms with Gasteiger partial charge in [0.1, 0.15) is 17.6 Å². The number of carbonyl (C=O) groups is 2. The average Bonchev–Trinajstić information content (AvgIpc) is 3.74. The topological polar surface area (TPSA) is 111 Å². The van der Waals surface area contributed by atoms with E-state index in [-0.39, 0.29) is 22.6 Å². The molecule has 1 amide bonds. The van der Waals surface area contributed by atoms with E-state index in [4.69, 9.17) is 14.2 Å². The number of benzene rings is 3. The molecule has 1 N–H and O–H groups in total. The van der Waals surface area contributed by atoms with Gasteiger partial charge in [-0.3, -0.25) is 14.5 Å². The summed E-state index contributed by atoms with van der Waals surface area (Å²) in [5.74, 6) is 0.596. The van der Waals surface area contributed by atoms with Crippen LogP contribution in [0.4, 0.5) is 5.13 Å². The van der Waals surface area contributed by atoms with Gasteiger partial charge in [0.25, 0.3) is 5.78 Å². The molecular weight excluding hydrogens is 623 g/mol. The van der Waals surface area contributed by atoms with E-state index in [9.17, 15) is 14.7 Å². The van der Waals surface area contributed by atoms with Crippen LogP contribution in [0.3, 0.4) is 0 Å². The largest absolute Gasteiger partial charge is 0.507 e. The minimum atomic E-state index is -0.981. The fourth-order valence-electron chi connectivity index (χ4n) is 5.55. The van der Waals surface area contributed by atoms with E-state index in [2.05, 4.69) is 34.5 Å². The number of aryl methyl sites for hydroxylation is 1. The molecule has 2 aliphatic rings. The molecule has 9 nitrogen and oxygen atoms in total. The second-order valence-corrected chi connectivity index (χ2v) is 13.4. The van der Waals surface area contributed by atoms with Gasteiger partial charge in [0.05, 0.1) is 24.8 Å². The fourth-order valence-corrected chi connectivity index (χ4v) is 7.38. The number of thioether (sulfide) groups is 1. The number of aromatic nitrogens is 2. The Hall–Kier alpha value is -4.35. The third-order valence-corrected chi connectivity index (χ3v) is 9.87. The van der Waals surface area contributed by atoms with Crippen LogP contribution in [0.1, 0.15) is 61.1 Å². The highest BCUT2D eigenvalue weighted by atomic mass is 32.2. The Kier molecular flexibility index (Phi) is 9.32. The molecule has 0 bridgehead atoms. The number of hydrogen-bond donors (Lipinski definition) is 1. The number of hydrogen-bond acceptors (Lipinski definition) is 10. The quantitative estimate of drug-likeness (QED) is 0.0585. The van der Waals surface area contributed by atoms with Crippen LogP contribution in [-0.2, 0) is 21.8 Å². The van der Waals surface area contributed by atoms with Crippen molar-refractivity contribution < 1.29 is 28.9 Å². The zero-order chi connectivity index (χ0) is 32.4. The van der Waals surface area contributed by atoms with Gasteiger partial charge in [-0.05, 0) is 74.2 Å². The molecule has 1 fully saturated rings. The molecule has 4 aromatic rings. The number of fused-ring (bicyclic) bond motifs is 1. The standard InChI is InChI=1S/C35H35N3O6S2/c1-5-15-43-27-14-11-23(18-28(27)42-6-2)30-29(31(39)24-12-13-26-25(17-24)16-21(4)44-26)32(40)33(41)38(30)34-36-37-35(46-34)45-19-22-9-7-20(3)8-10-22/h7-14,17-18,21,30,39H,5-6,15-16,19H2,1-4H3/b31-29+/t21-,30+/m0/s1. The van der Waals surface area contributed by atoms with Gasteiger partial charge in [0.2, 0.25) is 5.13 Å². The SMILES string of the molecule is CCCOc1ccc([C@@H]2/C(=C(\O)c3ccc4c(c3)C[C@H](C)O4)C(=O)C(=O)N2c2nnc(SCc3ccc(C)cc3)s2)cc1OCC. The molecule has 1 aromatic heterocycles. The van der Waals surface area contributed by atoms with Gasteiger partial charge < -0.3 is 19.3 Å². The number of nitrogens with zero attached hydrogens (tertiary/aromatic N) is 3. The van der Waals surface area contributed by atoms with E-state index in [0.29, 0.717) is 52.4 Å². The number of carbonyl (C=O) groups excluding carboxylic acids is 2. The molecule has 46 heavy (non-hydrogen) atoms. The fraction of sp³-hybridized carbons (Fsp3) is 0.314. The molecule has 3 aromatic carbocycles. The van der Waals surface area contributed by atoms with E-state index in [1.165, 1.54) is 33.6 Å². The van der Waals surface area contributed by atoms with E-state index < -0.39 is 17.7 Å². The third-order valence-electron chi connectivity index (χ3n) is 7.74. The van der Waals surface area contributed by atoms with Crippen molar-refractivity contribution in [3.8, 4) is 17.2 Å². The van der Waals surface area contributed by atoms with Crippen molar-refractivity contribution >= 4 is 45.7 Å². The number of Topliss-reactive ketones (excluding diaryl/α,β-unsaturated/α-hetero) is 1. The smallest absolute Gasteiger partial charge is 0.301 e. The predicted octanol–water partition coefficient (Wildman–Crippen LogP) is 7.28. The molecule has 2 atom stereocenters. The van der Waals surface area contributed by atoms with Crippen molar-refractivity contribution in [1.82, 2.24) is 10.2 Å². The van der Waals surface area contributed by atoms with Gasteiger partial charge in [0.15, 0.2) is 15.8 Å². The summed E-state index contributed by atoms with van der Waals surface area (Å²) in [7, 11) is 0. The van der Waals surface area contributed by atoms with Gasteiger partial charge in [-0.25, -0.2) is 0 Å². The normalized spacial score (nSPS) is 18.5. The molecule has 1 saturated heterocycles. The summed E-state index contributed by atoms with van der Waals surface area (Å²) in [6.07, 6.45) is 1.51. The summed E-state index contributed by atoms with van der Waals surface area (Å²) in [6.45, 7) is 8.80. The summed E-state index contributed by atoms with van der Waals surface area (Å²) < 4.78 is 18.3. The first kappa shape index (κ1) is 31.6. The first-order valence-corrected chi connectivity index (χ1v) is 17.1. The molecular formula is C35H35N3O6S2. The maximum absolute atomic E-state index is 13.8. The third kappa shape index (κ3) is 6.34. The van der Waals surface area contributed by atoms with Crippen LogP contribution in [0, 0.1) is 6.92 Å². The van der Waals surface area contributed by atoms with E-state index >= 15 is 0 Å². The monoisotopic (exact) mass is 657 g/mol. The first-order valence-electron chi connectivity index (χ1n) is 15.3. The van der Waals surface area contributed by atoms with Crippen molar-refractivity contribution in [2.24, 2.45) is 0 Å². The number of ketones is 1. The average molecular weight is 658 g/mol. The van der Waals surface area contributed by atoms with Gasteiger partial charge in [-0.1, -0.05) is 65.9 Å². The second-order valence-electron chi connectivity index (χ2n) is 11.2. The molecule has 0 saturated carbocycles. The van der Waals surface area contributed by atoms with Gasteiger partial charge in [-0.15, -0.1) is 10.2 Å². The molecule has 6 rings (SSSR count). The summed E-state index contributed by atoms with van der Waals surface area (Å²) in [6, 6.07) is 17.9. The summed E-state index contributed by atoms with van der Waals surface area (Å²) in [5.41, 5.74) is 4.20. The molecule has 0 radical (unpaired) electrons. The maximum atomic E-state index is 13.8. The van der Waals surface area contributed by atoms with Crippen molar-refractivity contribution in [1.29, 1.82) is 0 Å². The summed E-state index contributed by atoms with van der Waals surface area (Å²) >= 11 is 2.73. The number of rotatable bonds is 11. The van der Waals surface area contributed by atoms with Gasteiger partial charge in [0, 0.05) is 17.7 Å². The lowest BCUT2D eigenvalue weighted by Crippen LogP contribution is -2.29. The molecule has 0 aliphatic carbocycles. The minimum Gasteiger partial charge on any atom is -0.507 e. The Balaban J connectivity index is 1.42. The Morgan fingerprint density at radius 3 is 2.61 bits per heavy atom. The Bertz CT molecular complexity index is 1800. The highest BCUT2D eigenvalue weighted by molar-refractivity contribution is 8.00. The zero-order valence-corrected chi connectivity index (χ0v) is 27.7. The maximum Gasteiger partial charge on any atom is 0.301 e. The van der Waals surface area contributed by atoms with Crippen LogP contribution < -0.4 is 19.1 Å². The molecule has 11 heteroatoms. The Labute approximate surface area is 276 Å². The minimum absolute atomic E-state index is 0.0129. The lowest BCUT2D eigenvalue weighted by molar-refractivity contribution is -0.132. The lowest BCUT2D eigenvalue weighted by atomic mass is 9.94. The molecule has 3 heterocycles. The van der Waals surface area contributed by atoms with Crippen LogP contribution in [0.2, 0.25) is 0 Å². The lowest BCUT2D eigenvalue weighted by Gasteiger charge is -2.23. The summed E-state index contributed by atoms with van der Waals surface area (Å²) in [4.78, 5) is 28.9. The summed E-state index contributed by atoms with van der Waals surface area (Å²) in [5, 5.41) is 20.7. The van der Waals surface area contributed by atoms with E-state index in [1.807, 2.05) is 33.8 Å². The number of anilines is 1. The second kappa shape index (κ2) is 13.6. The number of ether oxygens (including phenoxy) is 3. The van der Waals surface area contributed by atoms with Crippen molar-refractivity contribution in [2.75, 3.05) is 18.1 Å². The van der Waals surface area contributed by atoms with E-state index in [0.717, 1.165) is 23.3 Å². The van der Waals surface area contributed by atoms with Crippen LogP contribution in [0.5, 0.6) is 17.2 Å². The Morgan fingerprint density at radius 2 is 1.85 bits per heavy atom. The highest BCUT2D eigenvalue weighted by Crippen LogP contribution is 2.46. The van der Waals surface area contributed by atoms with Crippen LogP contribution in [0.25, 0.3) is 5.76 Å². The van der Waals surface area contributed by atoms with Crippen molar-refractivity contribution in [3.63, 3.8) is 0 Å². The number of aliphatic hydroxyl groups excluding tert-OH is 1. The number of aliphatic hydroxyl groups is 1. The highest BCUT2D eigenvalue weighted by Gasteiger charge is 2.48. The zero-order valence-electron chi connectivity index (χ0n) is 26.1. The van der Waals surface area contributed by atoms with Crippen LogP contribution >= 0.6 is 23.1 Å². The van der Waals surface area contributed by atoms with Crippen LogP contribution in [-0.4, -0.2) is 46.3 Å². The van der Waals surface area contributed by atoms with Gasteiger partial charge in [-0.2, -0.15) is 0 Å². The first-order chi connectivity index (χ1) is 22.3.